The summed E-state index contributed by atoms with van der Waals surface area (Å²) in [5, 5.41) is -0.329. The lowest BCUT2D eigenvalue weighted by molar-refractivity contribution is -0.137. The molecule has 2 bridgehead atoms. The Morgan fingerprint density at radius 1 is 1.14 bits per heavy atom. The van der Waals surface area contributed by atoms with Crippen molar-refractivity contribution in [2.24, 2.45) is 0 Å². The number of aromatic nitrogens is 4. The smallest absolute Gasteiger partial charge is 0.418 e. The van der Waals surface area contributed by atoms with E-state index in [1.807, 2.05) is 17.9 Å². The number of anilines is 3. The van der Waals surface area contributed by atoms with Gasteiger partial charge in [-0.05, 0) is 51.4 Å². The zero-order valence-corrected chi connectivity index (χ0v) is 27.9. The average molecular weight is 702 g/mol. The molecule has 3 atom stereocenters. The molecule has 0 amide bonds. The topological polar surface area (TPSA) is 132 Å². The number of halogens is 5. The molecule has 0 spiro atoms. The Labute approximate surface area is 285 Å². The second-order valence-corrected chi connectivity index (χ2v) is 13.2. The molecular weight excluding hydrogens is 666 g/mol. The van der Waals surface area contributed by atoms with Crippen molar-refractivity contribution in [3.63, 3.8) is 0 Å². The Morgan fingerprint density at radius 3 is 2.57 bits per heavy atom. The van der Waals surface area contributed by atoms with E-state index in [-0.39, 0.29) is 59.6 Å². The molecule has 260 valence electrons. The van der Waals surface area contributed by atoms with Crippen molar-refractivity contribution in [3.05, 3.63) is 51.9 Å². The summed E-state index contributed by atoms with van der Waals surface area (Å²) in [4.78, 5) is 24.0. The summed E-state index contributed by atoms with van der Waals surface area (Å²) in [5.74, 6) is -0.930. The molecule has 7 rings (SSSR count). The number of fused-ring (bicyclic) bond motifs is 2. The fourth-order valence-electron chi connectivity index (χ4n) is 7.58. The average Bonchev–Trinajstić information content (AvgIpc) is 3.17. The van der Waals surface area contributed by atoms with Crippen molar-refractivity contribution in [1.29, 1.82) is 0 Å². The van der Waals surface area contributed by atoms with E-state index < -0.39 is 39.9 Å². The second kappa shape index (κ2) is 12.6. The van der Waals surface area contributed by atoms with Crippen LogP contribution in [0, 0.1) is 12.7 Å². The molecule has 3 aliphatic heterocycles. The Hall–Kier alpha value is -4.21. The molecule has 3 aromatic heterocycles. The van der Waals surface area contributed by atoms with Crippen LogP contribution in [0.5, 0.6) is 11.8 Å². The van der Waals surface area contributed by atoms with Crippen LogP contribution in [0.1, 0.15) is 42.5 Å². The van der Waals surface area contributed by atoms with Crippen molar-refractivity contribution in [2.75, 3.05) is 62.8 Å². The Kier molecular flexibility index (Phi) is 8.56. The van der Waals surface area contributed by atoms with Crippen LogP contribution in [0.25, 0.3) is 22.2 Å². The first kappa shape index (κ1) is 33.3. The number of likely N-dealkylation sites (N-methyl/N-ethyl adjacent to an activating group) is 1. The summed E-state index contributed by atoms with van der Waals surface area (Å²) in [7, 11) is 2.12. The number of nitrogens with zero attached hydrogens (tertiary/aromatic N) is 7. The molecule has 0 radical (unpaired) electrons. The maximum Gasteiger partial charge on any atom is 0.418 e. The van der Waals surface area contributed by atoms with Crippen LogP contribution in [0.3, 0.4) is 0 Å². The number of pyridine rings is 2. The summed E-state index contributed by atoms with van der Waals surface area (Å²) >= 11 is 6.80. The zero-order chi connectivity index (χ0) is 34.8. The molecule has 3 aliphatic rings. The maximum absolute atomic E-state index is 17.0. The highest BCUT2D eigenvalue weighted by molar-refractivity contribution is 6.36. The quantitative estimate of drug-likeness (QED) is 0.237. The third-order valence-electron chi connectivity index (χ3n) is 9.74. The molecule has 49 heavy (non-hydrogen) atoms. The summed E-state index contributed by atoms with van der Waals surface area (Å²) < 4.78 is 72.5. The largest absolute Gasteiger partial charge is 0.489 e. The number of ether oxygens (including phenoxy) is 2. The van der Waals surface area contributed by atoms with Crippen molar-refractivity contribution >= 4 is 40.0 Å². The first-order chi connectivity index (χ1) is 23.3. The molecule has 2 fully saturated rings. The van der Waals surface area contributed by atoms with Gasteiger partial charge in [-0.15, -0.1) is 0 Å². The highest BCUT2D eigenvalue weighted by Gasteiger charge is 2.41. The summed E-state index contributed by atoms with van der Waals surface area (Å²) in [6, 6.07) is 4.89. The summed E-state index contributed by atoms with van der Waals surface area (Å²) in [6.07, 6.45) is -1.12. The molecule has 6 heterocycles. The second-order valence-electron chi connectivity index (χ2n) is 12.9. The third kappa shape index (κ3) is 5.91. The standard InChI is InChI=1S/C33H36ClF4N9O2/c1-16-13-21(39)42-27(24(16)33(36,37)38)22-25(34)29-23-28(26(22)35)43-32(49-12-10-47-18-6-7-19(47)15-45(3)14-18)44-31(23)46(9-11-48-29)17(2)20-5-4-8-41-30(20)40/h4-5,8,13,17-19H,6-7,9-12,14-15H2,1-3H3,(H2,39,42)(H2,40,41)/t17-,18?,19?/m1/s1. The Balaban J connectivity index is 1.39. The van der Waals surface area contributed by atoms with Gasteiger partial charge >= 0.3 is 12.2 Å². The van der Waals surface area contributed by atoms with Crippen molar-refractivity contribution < 1.29 is 27.0 Å². The van der Waals surface area contributed by atoms with Crippen LogP contribution in [0.2, 0.25) is 5.02 Å². The molecule has 4 aromatic rings. The molecule has 16 heteroatoms. The maximum atomic E-state index is 17.0. The number of alkyl halides is 3. The van der Waals surface area contributed by atoms with E-state index in [1.165, 1.54) is 6.92 Å². The number of piperazine rings is 1. The van der Waals surface area contributed by atoms with E-state index >= 15 is 4.39 Å². The van der Waals surface area contributed by atoms with Crippen LogP contribution in [-0.4, -0.2) is 88.3 Å². The molecule has 4 N–H and O–H groups in total. The summed E-state index contributed by atoms with van der Waals surface area (Å²) in [5.41, 5.74) is 9.69. The van der Waals surface area contributed by atoms with Crippen LogP contribution >= 0.6 is 11.6 Å². The van der Waals surface area contributed by atoms with Crippen LogP contribution < -0.4 is 25.8 Å². The first-order valence-corrected chi connectivity index (χ1v) is 16.5. The van der Waals surface area contributed by atoms with Gasteiger partial charge in [-0.3, -0.25) is 4.90 Å². The molecule has 2 saturated heterocycles. The monoisotopic (exact) mass is 701 g/mol. The lowest BCUT2D eigenvalue weighted by Crippen LogP contribution is -2.53. The predicted molar refractivity (Wildman–Crippen MR) is 178 cm³/mol. The van der Waals surface area contributed by atoms with E-state index in [9.17, 15) is 13.2 Å². The van der Waals surface area contributed by atoms with Gasteiger partial charge in [-0.1, -0.05) is 17.7 Å². The number of hydrogen-bond donors (Lipinski definition) is 2. The molecule has 0 aliphatic carbocycles. The number of benzene rings is 1. The molecule has 2 unspecified atom stereocenters. The minimum absolute atomic E-state index is 0.0264. The van der Waals surface area contributed by atoms with E-state index in [2.05, 4.69) is 31.8 Å². The van der Waals surface area contributed by atoms with Gasteiger partial charge in [0.15, 0.2) is 11.6 Å². The Bertz CT molecular complexity index is 1920. The minimum Gasteiger partial charge on any atom is -0.489 e. The molecule has 1 aromatic carbocycles. The third-order valence-corrected chi connectivity index (χ3v) is 10.1. The molecule has 0 saturated carbocycles. The molecular formula is C33H36ClF4N9O2. The number of likely N-dealkylation sites (tertiary alicyclic amines) is 1. The highest BCUT2D eigenvalue weighted by Crippen LogP contribution is 2.51. The number of aryl methyl sites for hydroxylation is 1. The van der Waals surface area contributed by atoms with Gasteiger partial charge in [0.05, 0.1) is 39.8 Å². The number of rotatable bonds is 7. The van der Waals surface area contributed by atoms with Gasteiger partial charge in [0.2, 0.25) is 0 Å². The normalized spacial score (nSPS) is 20.4. The lowest BCUT2D eigenvalue weighted by atomic mass is 9.98. The molecule has 11 nitrogen and oxygen atoms in total. The van der Waals surface area contributed by atoms with E-state index in [1.54, 1.807) is 12.3 Å². The highest BCUT2D eigenvalue weighted by atomic mass is 35.5. The minimum atomic E-state index is -4.90. The fourth-order valence-corrected chi connectivity index (χ4v) is 7.90. The first-order valence-electron chi connectivity index (χ1n) is 16.1. The van der Waals surface area contributed by atoms with Crippen molar-refractivity contribution in [3.8, 4) is 23.0 Å². The van der Waals surface area contributed by atoms with Gasteiger partial charge in [0.1, 0.15) is 36.2 Å². The number of nitrogens with two attached hydrogens (primary N) is 2. The lowest BCUT2D eigenvalue weighted by Gasteiger charge is -2.39. The van der Waals surface area contributed by atoms with Gasteiger partial charge in [-0.25, -0.2) is 14.4 Å². The fraction of sp³-hybridized carbons (Fsp3) is 0.455. The predicted octanol–water partition coefficient (Wildman–Crippen LogP) is 5.49. The SMILES string of the molecule is Cc1cc(N)nc(-c2c(Cl)c3c4c(nc(OCCN5C6CCC5CN(C)C6)nc4c2F)N([C@H](C)c2cccnc2N)CCO3)c1C(F)(F)F. The van der Waals surface area contributed by atoms with Gasteiger partial charge < -0.3 is 30.7 Å². The van der Waals surface area contributed by atoms with E-state index in [0.717, 1.165) is 32.0 Å². The van der Waals surface area contributed by atoms with Gasteiger partial charge in [-0.2, -0.15) is 23.1 Å². The number of hydrogen-bond acceptors (Lipinski definition) is 11. The van der Waals surface area contributed by atoms with Gasteiger partial charge in [0.25, 0.3) is 0 Å². The zero-order valence-electron chi connectivity index (χ0n) is 27.2. The van der Waals surface area contributed by atoms with E-state index in [4.69, 9.17) is 37.5 Å². The number of nitrogen functional groups attached to an aromatic ring is 2. The Morgan fingerprint density at radius 2 is 1.88 bits per heavy atom. The van der Waals surface area contributed by atoms with Crippen molar-refractivity contribution in [1.82, 2.24) is 29.7 Å². The van der Waals surface area contributed by atoms with Crippen LogP contribution in [0.4, 0.5) is 35.0 Å². The summed E-state index contributed by atoms with van der Waals surface area (Å²) in [6.45, 7) is 6.12. The van der Waals surface area contributed by atoms with Crippen LogP contribution in [-0.2, 0) is 6.18 Å². The van der Waals surface area contributed by atoms with Crippen LogP contribution in [0.15, 0.2) is 24.4 Å². The van der Waals surface area contributed by atoms with E-state index in [0.29, 0.717) is 30.0 Å². The van der Waals surface area contributed by atoms with Crippen molar-refractivity contribution in [2.45, 2.75) is 51.0 Å². The van der Waals surface area contributed by atoms with Gasteiger partial charge in [0, 0.05) is 43.5 Å².